The maximum absolute atomic E-state index is 2.30. The standard InChI is InChI=1S/C21H24N4/c1-16-22(2)14-15-25(16)21-11-7-10-19(24(21)4)20-13-12-17-8-5-6-9-18(17)23(20)3/h5-16H,1-4H3/q+2/t16-/m0/s1. The van der Waals surface area contributed by atoms with E-state index >= 15 is 0 Å². The first-order valence-corrected chi connectivity index (χ1v) is 8.64. The number of pyridine rings is 2. The van der Waals surface area contributed by atoms with Crippen molar-refractivity contribution < 1.29 is 9.13 Å². The number of hydrogen-bond acceptors (Lipinski definition) is 2. The van der Waals surface area contributed by atoms with E-state index in [1.165, 1.54) is 28.1 Å². The fourth-order valence-electron chi connectivity index (χ4n) is 3.58. The van der Waals surface area contributed by atoms with Crippen molar-refractivity contribution in [3.63, 3.8) is 0 Å². The van der Waals surface area contributed by atoms with Crippen LogP contribution in [0.3, 0.4) is 0 Å². The number of nitrogens with zero attached hydrogens (tertiary/aromatic N) is 4. The van der Waals surface area contributed by atoms with Gasteiger partial charge in [0.1, 0.15) is 13.2 Å². The molecule has 0 N–H and O–H groups in total. The monoisotopic (exact) mass is 332 g/mol. The third-order valence-corrected chi connectivity index (χ3v) is 5.27. The molecule has 0 spiro atoms. The lowest BCUT2D eigenvalue weighted by Crippen LogP contribution is -2.45. The fraction of sp³-hybridized carbons (Fsp3) is 0.238. The van der Waals surface area contributed by atoms with Crippen LogP contribution in [-0.2, 0) is 14.1 Å². The van der Waals surface area contributed by atoms with Gasteiger partial charge in [0.05, 0.1) is 7.05 Å². The summed E-state index contributed by atoms with van der Waals surface area (Å²) < 4.78 is 4.54. The van der Waals surface area contributed by atoms with Gasteiger partial charge in [-0.05, 0) is 31.2 Å². The zero-order valence-corrected chi connectivity index (χ0v) is 15.2. The number of aryl methyl sites for hydroxylation is 1. The van der Waals surface area contributed by atoms with Crippen LogP contribution >= 0.6 is 0 Å². The molecular weight excluding hydrogens is 308 g/mol. The number of aromatic nitrogens is 2. The van der Waals surface area contributed by atoms with Crippen molar-refractivity contribution in [2.45, 2.75) is 13.1 Å². The number of anilines is 1. The number of para-hydroxylation sites is 1. The Bertz CT molecular complexity index is 977. The second-order valence-corrected chi connectivity index (χ2v) is 6.67. The van der Waals surface area contributed by atoms with E-state index in [1.807, 2.05) is 0 Å². The van der Waals surface area contributed by atoms with Crippen LogP contribution in [-0.4, -0.2) is 18.1 Å². The predicted molar refractivity (Wildman–Crippen MR) is 101 cm³/mol. The Morgan fingerprint density at radius 1 is 0.800 bits per heavy atom. The van der Waals surface area contributed by atoms with Crippen molar-refractivity contribution in [2.24, 2.45) is 14.1 Å². The average Bonchev–Trinajstić information content (AvgIpc) is 2.95. The molecule has 2 aromatic heterocycles. The van der Waals surface area contributed by atoms with Gasteiger partial charge in [-0.3, -0.25) is 0 Å². The van der Waals surface area contributed by atoms with Crippen molar-refractivity contribution in [1.82, 2.24) is 4.90 Å². The highest BCUT2D eigenvalue weighted by Crippen LogP contribution is 2.23. The average molecular weight is 332 g/mol. The van der Waals surface area contributed by atoms with E-state index in [0.29, 0.717) is 6.17 Å². The zero-order chi connectivity index (χ0) is 17.6. The largest absolute Gasteiger partial charge is 0.339 e. The van der Waals surface area contributed by atoms with Crippen molar-refractivity contribution in [3.05, 3.63) is 67.0 Å². The Morgan fingerprint density at radius 2 is 1.56 bits per heavy atom. The summed E-state index contributed by atoms with van der Waals surface area (Å²) in [5.74, 6) is 1.18. The Morgan fingerprint density at radius 3 is 2.32 bits per heavy atom. The highest BCUT2D eigenvalue weighted by atomic mass is 15.4. The molecule has 0 saturated heterocycles. The van der Waals surface area contributed by atoms with Crippen LogP contribution in [0.1, 0.15) is 6.92 Å². The molecule has 0 amide bonds. The fourth-order valence-corrected chi connectivity index (χ4v) is 3.58. The molecule has 0 bridgehead atoms. The second kappa shape index (κ2) is 5.88. The molecule has 4 heteroatoms. The van der Waals surface area contributed by atoms with E-state index in [-0.39, 0.29) is 0 Å². The summed E-state index contributed by atoms with van der Waals surface area (Å²) in [5, 5.41) is 1.25. The third kappa shape index (κ3) is 2.45. The first kappa shape index (κ1) is 15.6. The highest BCUT2D eigenvalue weighted by Gasteiger charge is 2.31. The Kier molecular flexibility index (Phi) is 3.68. The third-order valence-electron chi connectivity index (χ3n) is 5.27. The van der Waals surface area contributed by atoms with E-state index < -0.39 is 0 Å². The number of hydrogen-bond donors (Lipinski definition) is 0. The Labute approximate surface area is 148 Å². The topological polar surface area (TPSA) is 14.2 Å². The van der Waals surface area contributed by atoms with Gasteiger partial charge in [-0.25, -0.2) is 9.47 Å². The Hall–Kier alpha value is -2.88. The molecule has 3 aromatic rings. The minimum absolute atomic E-state index is 0.312. The molecule has 4 nitrogen and oxygen atoms in total. The molecule has 0 aliphatic carbocycles. The molecule has 25 heavy (non-hydrogen) atoms. The quantitative estimate of drug-likeness (QED) is 0.670. The molecule has 4 rings (SSSR count). The molecule has 1 aromatic carbocycles. The highest BCUT2D eigenvalue weighted by molar-refractivity contribution is 5.76. The molecule has 1 aliphatic rings. The first-order valence-electron chi connectivity index (χ1n) is 8.64. The van der Waals surface area contributed by atoms with Gasteiger partial charge in [0.15, 0.2) is 11.9 Å². The zero-order valence-electron chi connectivity index (χ0n) is 15.2. The van der Waals surface area contributed by atoms with Gasteiger partial charge in [0, 0.05) is 36.8 Å². The van der Waals surface area contributed by atoms with Crippen LogP contribution in [0.25, 0.3) is 22.3 Å². The van der Waals surface area contributed by atoms with Gasteiger partial charge in [-0.2, -0.15) is 4.57 Å². The van der Waals surface area contributed by atoms with Crippen LogP contribution in [0.5, 0.6) is 0 Å². The molecule has 0 radical (unpaired) electrons. The van der Waals surface area contributed by atoms with Gasteiger partial charge in [-0.1, -0.05) is 12.1 Å². The van der Waals surface area contributed by atoms with E-state index in [0.717, 1.165) is 0 Å². The second-order valence-electron chi connectivity index (χ2n) is 6.67. The molecule has 0 fully saturated rings. The minimum Gasteiger partial charge on any atom is -0.339 e. The molecule has 1 atom stereocenters. The van der Waals surface area contributed by atoms with E-state index in [1.54, 1.807) is 0 Å². The van der Waals surface area contributed by atoms with Crippen LogP contribution in [0, 0.1) is 0 Å². The molecule has 126 valence electrons. The van der Waals surface area contributed by atoms with Crippen LogP contribution in [0.15, 0.2) is 67.0 Å². The SMILES string of the molecule is C[C@H]1N(C)C=CN1c1cccc(-c2ccc3ccccc3[n+]2C)[n+]1C. The van der Waals surface area contributed by atoms with Crippen molar-refractivity contribution in [3.8, 4) is 11.4 Å². The molecular formula is C21H24N4+2. The van der Waals surface area contributed by atoms with Crippen molar-refractivity contribution in [2.75, 3.05) is 11.9 Å². The first-order chi connectivity index (χ1) is 12.1. The summed E-state index contributed by atoms with van der Waals surface area (Å²) in [7, 11) is 6.38. The summed E-state index contributed by atoms with van der Waals surface area (Å²) in [6.07, 6.45) is 4.57. The van der Waals surface area contributed by atoms with Gasteiger partial charge in [0.2, 0.25) is 5.52 Å². The number of rotatable bonds is 2. The van der Waals surface area contributed by atoms with Gasteiger partial charge in [-0.15, -0.1) is 0 Å². The molecule has 1 aliphatic heterocycles. The van der Waals surface area contributed by atoms with E-state index in [2.05, 4.69) is 114 Å². The molecule has 0 saturated carbocycles. The summed E-state index contributed by atoms with van der Waals surface area (Å²) in [6.45, 7) is 2.21. The number of fused-ring (bicyclic) bond motifs is 1. The lowest BCUT2D eigenvalue weighted by molar-refractivity contribution is -0.671. The lowest BCUT2D eigenvalue weighted by Gasteiger charge is -2.21. The van der Waals surface area contributed by atoms with Crippen molar-refractivity contribution >= 4 is 16.7 Å². The van der Waals surface area contributed by atoms with Crippen molar-refractivity contribution in [1.29, 1.82) is 0 Å². The maximum atomic E-state index is 2.30. The van der Waals surface area contributed by atoms with E-state index in [9.17, 15) is 0 Å². The maximum Gasteiger partial charge on any atom is 0.283 e. The summed E-state index contributed by atoms with van der Waals surface area (Å²) in [6, 6.07) is 19.4. The summed E-state index contributed by atoms with van der Waals surface area (Å²) in [4.78, 5) is 4.51. The van der Waals surface area contributed by atoms with Gasteiger partial charge in [0.25, 0.3) is 11.5 Å². The van der Waals surface area contributed by atoms with Gasteiger partial charge >= 0.3 is 0 Å². The lowest BCUT2D eigenvalue weighted by atomic mass is 10.1. The Balaban J connectivity index is 1.86. The normalized spacial score (nSPS) is 16.9. The molecule has 0 unspecified atom stereocenters. The summed E-state index contributed by atoms with van der Waals surface area (Å²) in [5.41, 5.74) is 3.63. The smallest absolute Gasteiger partial charge is 0.283 e. The van der Waals surface area contributed by atoms with E-state index in [4.69, 9.17) is 0 Å². The summed E-state index contributed by atoms with van der Waals surface area (Å²) >= 11 is 0. The van der Waals surface area contributed by atoms with Crippen LogP contribution in [0.4, 0.5) is 5.82 Å². The van der Waals surface area contributed by atoms with Gasteiger partial charge < -0.3 is 4.90 Å². The van der Waals surface area contributed by atoms with Crippen LogP contribution in [0.2, 0.25) is 0 Å². The minimum atomic E-state index is 0.312. The number of benzene rings is 1. The van der Waals surface area contributed by atoms with Crippen LogP contribution < -0.4 is 14.0 Å². The predicted octanol–water partition coefficient (Wildman–Crippen LogP) is 2.72. The molecule has 3 heterocycles.